The molecule has 1 atom stereocenters. The second kappa shape index (κ2) is 7.25. The number of rotatable bonds is 6. The highest BCUT2D eigenvalue weighted by Crippen LogP contribution is 2.33. The highest BCUT2D eigenvalue weighted by Gasteiger charge is 2.19. The Bertz CT molecular complexity index is 485. The predicted octanol–water partition coefficient (Wildman–Crippen LogP) is 3.24. The summed E-state index contributed by atoms with van der Waals surface area (Å²) in [7, 11) is 0. The van der Waals surface area contributed by atoms with Gasteiger partial charge >= 0.3 is 0 Å². The fourth-order valence-electron chi connectivity index (χ4n) is 2.71. The van der Waals surface area contributed by atoms with Gasteiger partial charge in [0, 0.05) is 25.8 Å². The SMILES string of the molecule is CCCN(CCN)c1cccnc1C1=CC=CCC1C. The lowest BCUT2D eigenvalue weighted by atomic mass is 9.90. The quantitative estimate of drug-likeness (QED) is 0.863. The van der Waals surface area contributed by atoms with Gasteiger partial charge in [-0.1, -0.05) is 32.1 Å². The largest absolute Gasteiger partial charge is 0.369 e. The molecule has 1 heterocycles. The van der Waals surface area contributed by atoms with E-state index < -0.39 is 0 Å². The van der Waals surface area contributed by atoms with Crippen molar-refractivity contribution >= 4 is 11.3 Å². The van der Waals surface area contributed by atoms with Crippen LogP contribution in [0.3, 0.4) is 0 Å². The summed E-state index contributed by atoms with van der Waals surface area (Å²) in [6.45, 7) is 7.03. The molecule has 3 nitrogen and oxygen atoms in total. The maximum atomic E-state index is 5.76. The van der Waals surface area contributed by atoms with Crippen LogP contribution in [-0.2, 0) is 0 Å². The van der Waals surface area contributed by atoms with Crippen molar-refractivity contribution in [1.29, 1.82) is 0 Å². The number of aromatic nitrogens is 1. The van der Waals surface area contributed by atoms with Crippen LogP contribution in [0.15, 0.2) is 36.6 Å². The van der Waals surface area contributed by atoms with Crippen molar-refractivity contribution in [2.24, 2.45) is 11.7 Å². The van der Waals surface area contributed by atoms with Crippen molar-refractivity contribution in [1.82, 2.24) is 4.98 Å². The van der Waals surface area contributed by atoms with Gasteiger partial charge < -0.3 is 10.6 Å². The fraction of sp³-hybridized carbons (Fsp3) is 0.471. The highest BCUT2D eigenvalue weighted by molar-refractivity contribution is 5.77. The number of allylic oxidation sites excluding steroid dienone is 4. The molecule has 1 aromatic rings. The molecule has 0 saturated heterocycles. The first-order chi connectivity index (χ1) is 9.77. The zero-order valence-electron chi connectivity index (χ0n) is 12.5. The molecule has 0 saturated carbocycles. The lowest BCUT2D eigenvalue weighted by Crippen LogP contribution is -2.31. The maximum absolute atomic E-state index is 5.76. The summed E-state index contributed by atoms with van der Waals surface area (Å²) in [6.07, 6.45) is 10.7. The molecule has 0 amide bonds. The van der Waals surface area contributed by atoms with E-state index in [1.165, 1.54) is 11.3 Å². The zero-order chi connectivity index (χ0) is 14.4. The fourth-order valence-corrected chi connectivity index (χ4v) is 2.71. The first-order valence-corrected chi connectivity index (χ1v) is 7.55. The Labute approximate surface area is 122 Å². The third-order valence-corrected chi connectivity index (χ3v) is 3.73. The molecule has 20 heavy (non-hydrogen) atoms. The van der Waals surface area contributed by atoms with Crippen molar-refractivity contribution in [2.75, 3.05) is 24.5 Å². The molecule has 0 aromatic carbocycles. The zero-order valence-corrected chi connectivity index (χ0v) is 12.5. The Morgan fingerprint density at radius 3 is 2.95 bits per heavy atom. The van der Waals surface area contributed by atoms with Crippen LogP contribution in [0.2, 0.25) is 0 Å². The van der Waals surface area contributed by atoms with Crippen LogP contribution < -0.4 is 10.6 Å². The van der Waals surface area contributed by atoms with Gasteiger partial charge in [-0.15, -0.1) is 0 Å². The van der Waals surface area contributed by atoms with E-state index >= 15 is 0 Å². The average Bonchev–Trinajstić information content (AvgIpc) is 2.48. The van der Waals surface area contributed by atoms with Crippen molar-refractivity contribution in [2.45, 2.75) is 26.7 Å². The topological polar surface area (TPSA) is 42.1 Å². The van der Waals surface area contributed by atoms with Gasteiger partial charge in [-0.2, -0.15) is 0 Å². The van der Waals surface area contributed by atoms with E-state index in [0.29, 0.717) is 12.5 Å². The lowest BCUT2D eigenvalue weighted by Gasteiger charge is -2.28. The molecule has 0 fully saturated rings. The van der Waals surface area contributed by atoms with E-state index in [9.17, 15) is 0 Å². The van der Waals surface area contributed by atoms with Gasteiger partial charge in [-0.3, -0.25) is 4.98 Å². The van der Waals surface area contributed by atoms with Gasteiger partial charge in [-0.25, -0.2) is 0 Å². The van der Waals surface area contributed by atoms with Crippen molar-refractivity contribution in [3.63, 3.8) is 0 Å². The van der Waals surface area contributed by atoms with Crippen LogP contribution in [0.4, 0.5) is 5.69 Å². The first-order valence-electron chi connectivity index (χ1n) is 7.55. The van der Waals surface area contributed by atoms with Crippen molar-refractivity contribution in [3.05, 3.63) is 42.3 Å². The predicted molar refractivity (Wildman–Crippen MR) is 86.7 cm³/mol. The lowest BCUT2D eigenvalue weighted by molar-refractivity contribution is 0.740. The standard InChI is InChI=1S/C17H25N3/c1-3-12-20(13-10-18)16-9-6-11-19-17(16)15-8-5-4-7-14(15)2/h4-6,8-9,11,14H,3,7,10,12-13,18H2,1-2H3. The molecule has 0 bridgehead atoms. The van der Waals surface area contributed by atoms with E-state index in [-0.39, 0.29) is 0 Å². The Morgan fingerprint density at radius 2 is 2.25 bits per heavy atom. The number of hydrogen-bond acceptors (Lipinski definition) is 3. The highest BCUT2D eigenvalue weighted by atomic mass is 15.1. The van der Waals surface area contributed by atoms with Crippen molar-refractivity contribution in [3.8, 4) is 0 Å². The number of nitrogens with zero attached hydrogens (tertiary/aromatic N) is 2. The molecule has 108 valence electrons. The molecular formula is C17H25N3. The Kier molecular flexibility index (Phi) is 5.36. The normalized spacial score (nSPS) is 17.9. The first kappa shape index (κ1) is 14.8. The summed E-state index contributed by atoms with van der Waals surface area (Å²) >= 11 is 0. The van der Waals surface area contributed by atoms with Gasteiger partial charge in [0.25, 0.3) is 0 Å². The third kappa shape index (κ3) is 3.28. The average molecular weight is 271 g/mol. The number of pyridine rings is 1. The molecule has 3 heteroatoms. The minimum atomic E-state index is 0.523. The Balaban J connectivity index is 2.38. The van der Waals surface area contributed by atoms with E-state index in [2.05, 4.69) is 48.0 Å². The summed E-state index contributed by atoms with van der Waals surface area (Å²) in [4.78, 5) is 7.01. The van der Waals surface area contributed by atoms with Gasteiger partial charge in [0.2, 0.25) is 0 Å². The van der Waals surface area contributed by atoms with Crippen LogP contribution in [-0.4, -0.2) is 24.6 Å². The van der Waals surface area contributed by atoms with Crippen LogP contribution in [0.1, 0.15) is 32.4 Å². The van der Waals surface area contributed by atoms with Crippen LogP contribution >= 0.6 is 0 Å². The molecule has 1 aliphatic carbocycles. The van der Waals surface area contributed by atoms with Gasteiger partial charge in [-0.05, 0) is 36.5 Å². The molecule has 2 N–H and O–H groups in total. The van der Waals surface area contributed by atoms with E-state index in [1.54, 1.807) is 0 Å². The van der Waals surface area contributed by atoms with E-state index in [1.807, 2.05) is 12.3 Å². The number of hydrogen-bond donors (Lipinski definition) is 1. The van der Waals surface area contributed by atoms with Crippen LogP contribution in [0, 0.1) is 5.92 Å². The number of anilines is 1. The minimum Gasteiger partial charge on any atom is -0.369 e. The minimum absolute atomic E-state index is 0.523. The van der Waals surface area contributed by atoms with Crippen LogP contribution in [0.5, 0.6) is 0 Å². The van der Waals surface area contributed by atoms with E-state index in [4.69, 9.17) is 5.73 Å². The summed E-state index contributed by atoms with van der Waals surface area (Å²) in [5.74, 6) is 0.523. The second-order valence-electron chi connectivity index (χ2n) is 5.33. The molecular weight excluding hydrogens is 246 g/mol. The molecule has 0 aliphatic heterocycles. The maximum Gasteiger partial charge on any atom is 0.0897 e. The summed E-state index contributed by atoms with van der Waals surface area (Å²) in [6, 6.07) is 4.18. The molecule has 1 aromatic heterocycles. The summed E-state index contributed by atoms with van der Waals surface area (Å²) in [5.41, 5.74) is 9.43. The second-order valence-corrected chi connectivity index (χ2v) is 5.33. The molecule has 0 spiro atoms. The van der Waals surface area contributed by atoms with Gasteiger partial charge in [0.1, 0.15) is 0 Å². The molecule has 1 unspecified atom stereocenters. The monoisotopic (exact) mass is 271 g/mol. The Hall–Kier alpha value is -1.61. The van der Waals surface area contributed by atoms with Crippen molar-refractivity contribution < 1.29 is 0 Å². The molecule has 1 aliphatic rings. The van der Waals surface area contributed by atoms with Gasteiger partial charge in [0.15, 0.2) is 0 Å². The van der Waals surface area contributed by atoms with Gasteiger partial charge in [0.05, 0.1) is 11.4 Å². The summed E-state index contributed by atoms with van der Waals surface area (Å²) in [5, 5.41) is 0. The third-order valence-electron chi connectivity index (χ3n) is 3.73. The smallest absolute Gasteiger partial charge is 0.0897 e. The summed E-state index contributed by atoms with van der Waals surface area (Å²) < 4.78 is 0. The van der Waals surface area contributed by atoms with Crippen LogP contribution in [0.25, 0.3) is 5.57 Å². The number of nitrogens with two attached hydrogens (primary N) is 1. The van der Waals surface area contributed by atoms with E-state index in [0.717, 1.165) is 31.6 Å². The Morgan fingerprint density at radius 1 is 1.40 bits per heavy atom. The molecule has 2 rings (SSSR count). The molecule has 0 radical (unpaired) electrons.